The summed E-state index contributed by atoms with van der Waals surface area (Å²) in [6.07, 6.45) is 2.56. The zero-order chi connectivity index (χ0) is 15.2. The Morgan fingerprint density at radius 1 is 1.38 bits per heavy atom. The van der Waals surface area contributed by atoms with Crippen LogP contribution in [0.4, 0.5) is 0 Å². The Labute approximate surface area is 124 Å². The molecule has 1 aliphatic rings. The molecule has 1 fully saturated rings. The highest BCUT2D eigenvalue weighted by molar-refractivity contribution is 8.18. The van der Waals surface area contributed by atoms with Crippen molar-refractivity contribution >= 4 is 35.0 Å². The van der Waals surface area contributed by atoms with Crippen molar-refractivity contribution in [2.45, 2.75) is 0 Å². The van der Waals surface area contributed by atoms with Gasteiger partial charge in [0.05, 0.1) is 18.2 Å². The third-order valence-corrected chi connectivity index (χ3v) is 3.25. The minimum absolute atomic E-state index is 0.162. The first-order chi connectivity index (χ1) is 10.1. The fourth-order valence-corrected chi connectivity index (χ4v) is 2.09. The summed E-state index contributed by atoms with van der Waals surface area (Å²) < 4.78 is 4.45. The molecule has 0 spiro atoms. The number of aromatic hydroxyl groups is 1. The van der Waals surface area contributed by atoms with E-state index in [4.69, 9.17) is 5.11 Å². The third kappa shape index (κ3) is 4.18. The number of carbonyl (C=O) groups is 2. The highest BCUT2D eigenvalue weighted by atomic mass is 32.2. The van der Waals surface area contributed by atoms with Gasteiger partial charge in [0.1, 0.15) is 5.75 Å². The smallest absolute Gasteiger partial charge is 0.331 e. The number of phenols is 1. The molecule has 0 aliphatic carbocycles. The SMILES string of the molecule is COC(=O)/C=C1/S/C(=N\N=Cc2ccc(O)cc2)NC1=O. The van der Waals surface area contributed by atoms with Crippen LogP contribution in [0.2, 0.25) is 0 Å². The van der Waals surface area contributed by atoms with Gasteiger partial charge in [-0.15, -0.1) is 5.10 Å². The Kier molecular flexibility index (Phi) is 4.72. The number of nitrogens with zero attached hydrogens (tertiary/aromatic N) is 2. The molecule has 108 valence electrons. The van der Waals surface area contributed by atoms with Crippen molar-refractivity contribution in [1.29, 1.82) is 0 Å². The van der Waals surface area contributed by atoms with Crippen LogP contribution in [-0.2, 0) is 14.3 Å². The average Bonchev–Trinajstić information content (AvgIpc) is 2.81. The van der Waals surface area contributed by atoms with Gasteiger partial charge >= 0.3 is 5.97 Å². The second kappa shape index (κ2) is 6.71. The Morgan fingerprint density at radius 3 is 2.76 bits per heavy atom. The van der Waals surface area contributed by atoms with Gasteiger partial charge in [0.15, 0.2) is 5.17 Å². The van der Waals surface area contributed by atoms with Gasteiger partial charge in [-0.2, -0.15) is 5.10 Å². The Hall–Kier alpha value is -2.61. The monoisotopic (exact) mass is 305 g/mol. The van der Waals surface area contributed by atoms with Crippen LogP contribution >= 0.6 is 11.8 Å². The molecule has 2 rings (SSSR count). The zero-order valence-corrected chi connectivity index (χ0v) is 11.8. The lowest BCUT2D eigenvalue weighted by Crippen LogP contribution is -2.19. The molecule has 1 aromatic rings. The van der Waals surface area contributed by atoms with E-state index in [1.54, 1.807) is 12.1 Å². The summed E-state index contributed by atoms with van der Waals surface area (Å²) in [6.45, 7) is 0. The van der Waals surface area contributed by atoms with Gasteiger partial charge < -0.3 is 9.84 Å². The van der Waals surface area contributed by atoms with E-state index in [0.29, 0.717) is 0 Å². The van der Waals surface area contributed by atoms with Crippen LogP contribution in [-0.4, -0.2) is 35.5 Å². The van der Waals surface area contributed by atoms with Crippen LogP contribution in [0.25, 0.3) is 0 Å². The summed E-state index contributed by atoms with van der Waals surface area (Å²) in [5.41, 5.74) is 0.747. The molecule has 0 aromatic heterocycles. The molecule has 8 heteroatoms. The number of methoxy groups -OCH3 is 1. The lowest BCUT2D eigenvalue weighted by atomic mass is 10.2. The second-order valence-electron chi connectivity index (χ2n) is 3.83. The number of ether oxygens (including phenoxy) is 1. The first-order valence-corrected chi connectivity index (χ1v) is 6.59. The van der Waals surface area contributed by atoms with Crippen molar-refractivity contribution < 1.29 is 19.4 Å². The predicted octanol–water partition coefficient (Wildman–Crippen LogP) is 1.00. The van der Waals surface area contributed by atoms with Gasteiger partial charge in [0, 0.05) is 6.08 Å². The average molecular weight is 305 g/mol. The van der Waals surface area contributed by atoms with E-state index in [1.807, 2.05) is 0 Å². The Bertz CT molecular complexity index is 650. The molecule has 1 heterocycles. The Morgan fingerprint density at radius 2 is 2.10 bits per heavy atom. The fourth-order valence-electron chi connectivity index (χ4n) is 1.35. The van der Waals surface area contributed by atoms with E-state index in [9.17, 15) is 9.59 Å². The number of amidine groups is 1. The third-order valence-electron chi connectivity index (χ3n) is 2.35. The summed E-state index contributed by atoms with van der Waals surface area (Å²) >= 11 is 0.996. The van der Waals surface area contributed by atoms with E-state index >= 15 is 0 Å². The van der Waals surface area contributed by atoms with E-state index in [0.717, 1.165) is 23.4 Å². The van der Waals surface area contributed by atoms with Crippen LogP contribution in [0.5, 0.6) is 5.75 Å². The van der Waals surface area contributed by atoms with Crippen molar-refractivity contribution in [3.8, 4) is 5.75 Å². The van der Waals surface area contributed by atoms with Crippen LogP contribution < -0.4 is 5.32 Å². The van der Waals surface area contributed by atoms with Crippen LogP contribution in [0.3, 0.4) is 0 Å². The molecular weight excluding hydrogens is 294 g/mol. The van der Waals surface area contributed by atoms with E-state index in [1.165, 1.54) is 25.5 Å². The van der Waals surface area contributed by atoms with E-state index < -0.39 is 11.9 Å². The summed E-state index contributed by atoms with van der Waals surface area (Å²) in [6, 6.07) is 6.39. The normalized spacial score (nSPS) is 18.4. The predicted molar refractivity (Wildman–Crippen MR) is 79.0 cm³/mol. The van der Waals surface area contributed by atoms with Gasteiger partial charge in [-0.3, -0.25) is 10.1 Å². The number of benzene rings is 1. The number of hydrogen-bond donors (Lipinski definition) is 2. The van der Waals surface area contributed by atoms with E-state index in [2.05, 4.69) is 20.3 Å². The van der Waals surface area contributed by atoms with Gasteiger partial charge in [0.2, 0.25) is 0 Å². The maximum absolute atomic E-state index is 11.5. The van der Waals surface area contributed by atoms with Gasteiger partial charge in [-0.1, -0.05) is 0 Å². The molecule has 0 atom stereocenters. The van der Waals surface area contributed by atoms with Crippen LogP contribution in [0, 0.1) is 0 Å². The summed E-state index contributed by atoms with van der Waals surface area (Å²) in [4.78, 5) is 22.8. The molecule has 1 aliphatic heterocycles. The molecule has 2 N–H and O–H groups in total. The van der Waals surface area contributed by atoms with Gasteiger partial charge in [-0.25, -0.2) is 4.79 Å². The topological polar surface area (TPSA) is 100 Å². The first kappa shape index (κ1) is 14.8. The molecule has 0 unspecified atom stereocenters. The highest BCUT2D eigenvalue weighted by Crippen LogP contribution is 2.23. The van der Waals surface area contributed by atoms with Gasteiger partial charge in [-0.05, 0) is 41.6 Å². The number of esters is 1. The van der Waals surface area contributed by atoms with E-state index in [-0.39, 0.29) is 15.8 Å². The zero-order valence-electron chi connectivity index (χ0n) is 10.9. The molecule has 21 heavy (non-hydrogen) atoms. The largest absolute Gasteiger partial charge is 0.508 e. The van der Waals surface area contributed by atoms with Crippen LogP contribution in [0.1, 0.15) is 5.56 Å². The quantitative estimate of drug-likeness (QED) is 0.375. The van der Waals surface area contributed by atoms with Crippen molar-refractivity contribution in [2.24, 2.45) is 10.2 Å². The number of amides is 1. The number of rotatable bonds is 3. The molecular formula is C13H11N3O4S. The lowest BCUT2D eigenvalue weighted by Gasteiger charge is -1.92. The minimum atomic E-state index is -0.610. The summed E-state index contributed by atoms with van der Waals surface area (Å²) in [5.74, 6) is -0.875. The number of phenolic OH excluding ortho intramolecular Hbond substituents is 1. The maximum Gasteiger partial charge on any atom is 0.331 e. The van der Waals surface area contributed by atoms with Crippen molar-refractivity contribution in [3.05, 3.63) is 40.8 Å². The molecule has 0 bridgehead atoms. The number of thioether (sulfide) groups is 1. The van der Waals surface area contributed by atoms with Gasteiger partial charge in [0.25, 0.3) is 5.91 Å². The minimum Gasteiger partial charge on any atom is -0.508 e. The highest BCUT2D eigenvalue weighted by Gasteiger charge is 2.24. The molecule has 7 nitrogen and oxygen atoms in total. The van der Waals surface area contributed by atoms with Crippen molar-refractivity contribution in [3.63, 3.8) is 0 Å². The lowest BCUT2D eigenvalue weighted by molar-refractivity contribution is -0.135. The molecule has 0 radical (unpaired) electrons. The summed E-state index contributed by atoms with van der Waals surface area (Å²) in [5, 5.41) is 19.5. The molecule has 0 saturated carbocycles. The second-order valence-corrected chi connectivity index (χ2v) is 4.86. The number of nitrogens with one attached hydrogen (secondary N) is 1. The number of hydrogen-bond acceptors (Lipinski definition) is 7. The fraction of sp³-hybridized carbons (Fsp3) is 0.0769. The maximum atomic E-state index is 11.5. The van der Waals surface area contributed by atoms with Crippen molar-refractivity contribution in [1.82, 2.24) is 5.32 Å². The Balaban J connectivity index is 2.03. The number of carbonyl (C=O) groups excluding carboxylic acids is 2. The molecule has 1 amide bonds. The molecule has 1 aromatic carbocycles. The summed E-state index contributed by atoms with van der Waals surface area (Å²) in [7, 11) is 1.23. The molecule has 1 saturated heterocycles. The first-order valence-electron chi connectivity index (χ1n) is 5.77. The van der Waals surface area contributed by atoms with Crippen LogP contribution in [0.15, 0.2) is 45.4 Å². The van der Waals surface area contributed by atoms with Crippen molar-refractivity contribution in [2.75, 3.05) is 7.11 Å². The standard InChI is InChI=1S/C13H11N3O4S/c1-20-11(18)6-10-12(19)15-13(21-10)16-14-7-8-2-4-9(17)5-3-8/h2-7,17H,1H3,(H,15,16,19)/b10-6+,14-7?.